The predicted octanol–water partition coefficient (Wildman–Crippen LogP) is 2.71. The summed E-state index contributed by atoms with van der Waals surface area (Å²) < 4.78 is 5.87. The molecule has 0 fully saturated rings. The molecule has 1 unspecified atom stereocenters. The molecular formula is C21H20N4O3. The summed E-state index contributed by atoms with van der Waals surface area (Å²) in [4.78, 5) is 31.0. The van der Waals surface area contributed by atoms with E-state index in [1.807, 2.05) is 55.5 Å². The van der Waals surface area contributed by atoms with E-state index in [1.54, 1.807) is 0 Å². The lowest BCUT2D eigenvalue weighted by Crippen LogP contribution is -2.31. The first kappa shape index (κ1) is 17.8. The lowest BCUT2D eigenvalue weighted by molar-refractivity contribution is -0.116. The van der Waals surface area contributed by atoms with Gasteiger partial charge in [-0.15, -0.1) is 0 Å². The van der Waals surface area contributed by atoms with Crippen LogP contribution in [-0.2, 0) is 11.4 Å². The highest BCUT2D eigenvalue weighted by molar-refractivity contribution is 5.94. The van der Waals surface area contributed by atoms with Gasteiger partial charge >= 0.3 is 0 Å². The monoisotopic (exact) mass is 376 g/mol. The fourth-order valence-electron chi connectivity index (χ4n) is 3.40. The standard InChI is InChI=1S/C21H20N4O3/c1-12-4-2-3-5-14(12)11-28-15-8-6-13(7-9-15)16-10-17(26)23-19-18(16)20(27)25-21(22)24-19/h2-9,16H,10-11H2,1H3,(H4,22,23,24,25,26,27). The van der Waals surface area contributed by atoms with Gasteiger partial charge < -0.3 is 15.8 Å². The van der Waals surface area contributed by atoms with Crippen LogP contribution in [0.15, 0.2) is 53.3 Å². The molecule has 4 N–H and O–H groups in total. The van der Waals surface area contributed by atoms with E-state index in [0.29, 0.717) is 12.2 Å². The van der Waals surface area contributed by atoms with E-state index in [1.165, 1.54) is 5.56 Å². The second-order valence-electron chi connectivity index (χ2n) is 6.80. The SMILES string of the molecule is Cc1ccccc1COc1ccc(C2CC(=O)Nc3nc(N)[nH]c(=O)c32)cc1. The number of ether oxygens (including phenoxy) is 1. The number of amides is 1. The van der Waals surface area contributed by atoms with Gasteiger partial charge in [0.25, 0.3) is 5.56 Å². The van der Waals surface area contributed by atoms with Gasteiger partial charge in [0.2, 0.25) is 11.9 Å². The van der Waals surface area contributed by atoms with Crippen molar-refractivity contribution < 1.29 is 9.53 Å². The number of rotatable bonds is 4. The van der Waals surface area contributed by atoms with Crippen LogP contribution in [0.5, 0.6) is 5.75 Å². The number of hydrogen-bond donors (Lipinski definition) is 3. The van der Waals surface area contributed by atoms with Gasteiger partial charge in [-0.2, -0.15) is 4.98 Å². The summed E-state index contributed by atoms with van der Waals surface area (Å²) in [6.45, 7) is 2.52. The molecule has 0 saturated heterocycles. The minimum atomic E-state index is -0.383. The molecule has 142 valence electrons. The molecule has 2 heterocycles. The number of fused-ring (bicyclic) bond motifs is 1. The number of H-pyrrole nitrogens is 1. The number of benzene rings is 2. The Balaban J connectivity index is 1.57. The van der Waals surface area contributed by atoms with Crippen molar-refractivity contribution in [2.24, 2.45) is 0 Å². The quantitative estimate of drug-likeness (QED) is 0.648. The highest BCUT2D eigenvalue weighted by Gasteiger charge is 2.30. The molecule has 7 heteroatoms. The molecule has 4 rings (SSSR count). The van der Waals surface area contributed by atoms with Crippen molar-refractivity contribution in [3.63, 3.8) is 0 Å². The van der Waals surface area contributed by atoms with Gasteiger partial charge in [0, 0.05) is 12.3 Å². The number of aryl methyl sites for hydroxylation is 1. The van der Waals surface area contributed by atoms with Crippen LogP contribution in [0, 0.1) is 6.92 Å². The number of nitrogens with one attached hydrogen (secondary N) is 2. The number of nitrogens with two attached hydrogens (primary N) is 1. The lowest BCUT2D eigenvalue weighted by Gasteiger charge is -2.24. The van der Waals surface area contributed by atoms with Crippen LogP contribution in [0.2, 0.25) is 0 Å². The molecule has 28 heavy (non-hydrogen) atoms. The maximum Gasteiger partial charge on any atom is 0.258 e. The Hall–Kier alpha value is -3.61. The number of nitrogen functional groups attached to an aromatic ring is 1. The Labute approximate surface area is 161 Å². The third-order valence-electron chi connectivity index (χ3n) is 4.91. The Morgan fingerprint density at radius 2 is 1.89 bits per heavy atom. The number of carbonyl (C=O) groups excluding carboxylic acids is 1. The summed E-state index contributed by atoms with van der Waals surface area (Å²) in [5.74, 6) is 0.338. The highest BCUT2D eigenvalue weighted by atomic mass is 16.5. The van der Waals surface area contributed by atoms with E-state index < -0.39 is 0 Å². The molecule has 3 aromatic rings. The molecule has 0 bridgehead atoms. The molecule has 1 atom stereocenters. The normalized spacial score (nSPS) is 15.6. The number of aromatic nitrogens is 2. The summed E-state index contributed by atoms with van der Waals surface area (Å²) in [6.07, 6.45) is 0.172. The van der Waals surface area contributed by atoms with Gasteiger partial charge in [0.1, 0.15) is 18.2 Å². The third-order valence-corrected chi connectivity index (χ3v) is 4.91. The number of aromatic amines is 1. The van der Waals surface area contributed by atoms with Gasteiger partial charge in [0.05, 0.1) is 5.56 Å². The van der Waals surface area contributed by atoms with Gasteiger partial charge in [-0.05, 0) is 35.7 Å². The van der Waals surface area contributed by atoms with Crippen molar-refractivity contribution in [1.29, 1.82) is 0 Å². The Bertz CT molecular complexity index is 1090. The fraction of sp³-hybridized carbons (Fsp3) is 0.190. The van der Waals surface area contributed by atoms with Crippen LogP contribution in [-0.4, -0.2) is 15.9 Å². The van der Waals surface area contributed by atoms with Gasteiger partial charge in [-0.1, -0.05) is 36.4 Å². The smallest absolute Gasteiger partial charge is 0.258 e. The van der Waals surface area contributed by atoms with Crippen LogP contribution in [0.4, 0.5) is 11.8 Å². The van der Waals surface area contributed by atoms with Gasteiger partial charge in [-0.3, -0.25) is 14.6 Å². The molecule has 1 aliphatic heterocycles. The number of carbonyl (C=O) groups is 1. The summed E-state index contributed by atoms with van der Waals surface area (Å²) in [6, 6.07) is 15.5. The van der Waals surface area contributed by atoms with Crippen LogP contribution in [0.1, 0.15) is 34.6 Å². The molecule has 0 saturated carbocycles. The number of anilines is 2. The molecule has 0 spiro atoms. The maximum absolute atomic E-state index is 12.4. The first-order valence-corrected chi connectivity index (χ1v) is 8.98. The van der Waals surface area contributed by atoms with Crippen molar-refractivity contribution in [1.82, 2.24) is 9.97 Å². The molecule has 1 aliphatic rings. The van der Waals surface area contributed by atoms with Gasteiger partial charge in [-0.25, -0.2) is 0 Å². The van der Waals surface area contributed by atoms with E-state index in [4.69, 9.17) is 10.5 Å². The summed E-state index contributed by atoms with van der Waals surface area (Å²) in [5, 5.41) is 2.62. The second kappa shape index (κ2) is 7.19. The molecule has 1 amide bonds. The predicted molar refractivity (Wildman–Crippen MR) is 106 cm³/mol. The van der Waals surface area contributed by atoms with Crippen LogP contribution < -0.4 is 21.3 Å². The second-order valence-corrected chi connectivity index (χ2v) is 6.80. The van der Waals surface area contributed by atoms with Crippen LogP contribution in [0.3, 0.4) is 0 Å². The lowest BCUT2D eigenvalue weighted by atomic mass is 9.87. The minimum absolute atomic E-state index is 0.0235. The summed E-state index contributed by atoms with van der Waals surface area (Å²) >= 11 is 0. The summed E-state index contributed by atoms with van der Waals surface area (Å²) in [7, 11) is 0. The zero-order valence-electron chi connectivity index (χ0n) is 15.4. The minimum Gasteiger partial charge on any atom is -0.489 e. The van der Waals surface area contributed by atoms with Crippen molar-refractivity contribution in [3.8, 4) is 5.75 Å². The zero-order valence-corrected chi connectivity index (χ0v) is 15.4. The topological polar surface area (TPSA) is 110 Å². The maximum atomic E-state index is 12.4. The van der Waals surface area contributed by atoms with Crippen molar-refractivity contribution in [2.45, 2.75) is 25.9 Å². The molecule has 2 aromatic carbocycles. The fourth-order valence-corrected chi connectivity index (χ4v) is 3.40. The molecule has 0 aliphatic carbocycles. The largest absolute Gasteiger partial charge is 0.489 e. The number of hydrogen-bond acceptors (Lipinski definition) is 5. The van der Waals surface area contributed by atoms with Crippen LogP contribution in [0.25, 0.3) is 0 Å². The average molecular weight is 376 g/mol. The molecular weight excluding hydrogens is 356 g/mol. The van der Waals surface area contributed by atoms with E-state index in [-0.39, 0.29) is 35.6 Å². The van der Waals surface area contributed by atoms with Gasteiger partial charge in [0.15, 0.2) is 0 Å². The Kier molecular flexibility index (Phi) is 4.57. The van der Waals surface area contributed by atoms with E-state index in [0.717, 1.165) is 16.9 Å². The Morgan fingerprint density at radius 3 is 2.64 bits per heavy atom. The van der Waals surface area contributed by atoms with E-state index >= 15 is 0 Å². The molecule has 7 nitrogen and oxygen atoms in total. The van der Waals surface area contributed by atoms with E-state index in [2.05, 4.69) is 15.3 Å². The van der Waals surface area contributed by atoms with Crippen molar-refractivity contribution in [2.75, 3.05) is 11.1 Å². The molecule has 0 radical (unpaired) electrons. The highest BCUT2D eigenvalue weighted by Crippen LogP contribution is 2.34. The first-order chi connectivity index (χ1) is 13.5. The van der Waals surface area contributed by atoms with E-state index in [9.17, 15) is 9.59 Å². The van der Waals surface area contributed by atoms with Crippen molar-refractivity contribution in [3.05, 3.63) is 81.1 Å². The summed E-state index contributed by atoms with van der Waals surface area (Å²) in [5.41, 5.74) is 8.81. The van der Waals surface area contributed by atoms with Crippen molar-refractivity contribution >= 4 is 17.7 Å². The molecule has 1 aromatic heterocycles. The average Bonchev–Trinajstić information content (AvgIpc) is 2.66. The Morgan fingerprint density at radius 1 is 1.14 bits per heavy atom. The third kappa shape index (κ3) is 3.46. The first-order valence-electron chi connectivity index (χ1n) is 8.98. The van der Waals surface area contributed by atoms with Crippen LogP contribution >= 0.6 is 0 Å². The zero-order chi connectivity index (χ0) is 19.7. The number of nitrogens with zero attached hydrogens (tertiary/aromatic N) is 1.